The van der Waals surface area contributed by atoms with Crippen molar-refractivity contribution in [1.82, 2.24) is 4.90 Å². The van der Waals surface area contributed by atoms with Gasteiger partial charge in [0.05, 0.1) is 12.0 Å². The molecule has 0 unspecified atom stereocenters. The number of esters is 1. The fourth-order valence-corrected chi connectivity index (χ4v) is 3.13. The Labute approximate surface area is 152 Å². The van der Waals surface area contributed by atoms with E-state index < -0.39 is 11.9 Å². The molecular weight excluding hydrogens is 330 g/mol. The van der Waals surface area contributed by atoms with Crippen LogP contribution < -0.4 is 4.74 Å². The lowest BCUT2D eigenvalue weighted by atomic mass is 10.1. The van der Waals surface area contributed by atoms with Gasteiger partial charge in [-0.25, -0.2) is 0 Å². The van der Waals surface area contributed by atoms with Crippen LogP contribution in [0.4, 0.5) is 0 Å². The van der Waals surface area contributed by atoms with E-state index in [1.807, 2.05) is 37.3 Å². The summed E-state index contributed by atoms with van der Waals surface area (Å²) in [5, 5.41) is 0. The minimum atomic E-state index is -0.485. The molecule has 0 aromatic heterocycles. The average molecular weight is 351 g/mol. The maximum atomic E-state index is 12.4. The van der Waals surface area contributed by atoms with Crippen LogP contribution in [0.15, 0.2) is 54.6 Å². The third-order valence-corrected chi connectivity index (χ3v) is 4.72. The summed E-state index contributed by atoms with van der Waals surface area (Å²) in [6, 6.07) is 16.1. The molecular formula is C21H21NO4. The van der Waals surface area contributed by atoms with E-state index in [9.17, 15) is 14.4 Å². The number of carbonyl (C=O) groups is 3. The van der Waals surface area contributed by atoms with Gasteiger partial charge >= 0.3 is 5.97 Å². The number of amides is 1. The van der Waals surface area contributed by atoms with E-state index in [0.29, 0.717) is 17.9 Å². The van der Waals surface area contributed by atoms with Gasteiger partial charge in [-0.05, 0) is 43.7 Å². The Balaban J connectivity index is 1.64. The molecule has 0 N–H and O–H groups in total. The summed E-state index contributed by atoms with van der Waals surface area (Å²) in [5.74, 6) is -0.620. The van der Waals surface area contributed by atoms with Crippen molar-refractivity contribution in [3.05, 3.63) is 65.7 Å². The fraction of sp³-hybridized carbons (Fsp3) is 0.286. The van der Waals surface area contributed by atoms with Gasteiger partial charge in [-0.3, -0.25) is 14.4 Å². The molecule has 3 rings (SSSR count). The van der Waals surface area contributed by atoms with Crippen LogP contribution in [0.5, 0.6) is 5.75 Å². The number of carbonyl (C=O) groups excluding carboxylic acids is 3. The van der Waals surface area contributed by atoms with E-state index >= 15 is 0 Å². The largest absolute Gasteiger partial charge is 0.426 e. The van der Waals surface area contributed by atoms with Crippen LogP contribution in [0.3, 0.4) is 0 Å². The summed E-state index contributed by atoms with van der Waals surface area (Å²) in [6.07, 6.45) is 0.154. The van der Waals surface area contributed by atoms with Crippen LogP contribution >= 0.6 is 0 Å². The van der Waals surface area contributed by atoms with Gasteiger partial charge in [0.2, 0.25) is 5.91 Å². The van der Waals surface area contributed by atoms with Gasteiger partial charge in [0.1, 0.15) is 5.75 Å². The first kappa shape index (κ1) is 17.9. The molecule has 0 saturated carbocycles. The topological polar surface area (TPSA) is 63.7 Å². The first-order valence-electron chi connectivity index (χ1n) is 8.63. The number of rotatable bonds is 5. The summed E-state index contributed by atoms with van der Waals surface area (Å²) in [4.78, 5) is 37.8. The number of hydrogen-bond acceptors (Lipinski definition) is 4. The smallest absolute Gasteiger partial charge is 0.316 e. The van der Waals surface area contributed by atoms with Crippen molar-refractivity contribution in [3.8, 4) is 5.75 Å². The number of nitrogens with zero attached hydrogens (tertiary/aromatic N) is 1. The molecule has 0 aliphatic carbocycles. The highest BCUT2D eigenvalue weighted by Gasteiger charge is 2.38. The molecule has 2 aromatic rings. The van der Waals surface area contributed by atoms with Gasteiger partial charge < -0.3 is 9.64 Å². The van der Waals surface area contributed by atoms with Crippen LogP contribution in [0.25, 0.3) is 0 Å². The summed E-state index contributed by atoms with van der Waals surface area (Å²) in [6.45, 7) is 3.79. The van der Waals surface area contributed by atoms with Crippen LogP contribution in [0, 0.1) is 5.92 Å². The van der Waals surface area contributed by atoms with Crippen molar-refractivity contribution in [2.45, 2.75) is 26.3 Å². The maximum Gasteiger partial charge on any atom is 0.316 e. The van der Waals surface area contributed by atoms with Gasteiger partial charge in [0.15, 0.2) is 5.78 Å². The molecule has 1 heterocycles. The van der Waals surface area contributed by atoms with Crippen molar-refractivity contribution < 1.29 is 19.1 Å². The monoisotopic (exact) mass is 351 g/mol. The number of ketones is 1. The summed E-state index contributed by atoms with van der Waals surface area (Å²) < 4.78 is 5.39. The quantitative estimate of drug-likeness (QED) is 0.470. The minimum absolute atomic E-state index is 0.0461. The second kappa shape index (κ2) is 7.52. The fourth-order valence-electron chi connectivity index (χ4n) is 3.13. The normalized spacial score (nSPS) is 17.8. The van der Waals surface area contributed by atoms with Crippen LogP contribution in [0.2, 0.25) is 0 Å². The maximum absolute atomic E-state index is 12.4. The number of ether oxygens (including phenoxy) is 1. The van der Waals surface area contributed by atoms with Crippen molar-refractivity contribution in [1.29, 1.82) is 0 Å². The third-order valence-electron chi connectivity index (χ3n) is 4.72. The molecule has 1 aliphatic heterocycles. The Morgan fingerprint density at radius 3 is 2.35 bits per heavy atom. The molecule has 134 valence electrons. The lowest BCUT2D eigenvalue weighted by Crippen LogP contribution is -2.30. The Kier molecular flexibility index (Phi) is 5.16. The molecule has 2 atom stereocenters. The second-order valence-corrected chi connectivity index (χ2v) is 6.54. The Hall–Kier alpha value is -2.95. The number of benzene rings is 2. The molecule has 1 amide bonds. The average Bonchev–Trinajstić information content (AvgIpc) is 3.04. The molecule has 1 fully saturated rings. The number of hydrogen-bond donors (Lipinski definition) is 0. The first-order valence-corrected chi connectivity index (χ1v) is 8.63. The SMILES string of the molecule is CC(=O)c1ccc(OC(=O)[C@@H]2CC(=O)N([C@H](C)c3ccccc3)C2)cc1. The molecule has 1 saturated heterocycles. The molecule has 26 heavy (non-hydrogen) atoms. The second-order valence-electron chi connectivity index (χ2n) is 6.54. The predicted octanol–water partition coefficient (Wildman–Crippen LogP) is 3.40. The lowest BCUT2D eigenvalue weighted by Gasteiger charge is -2.25. The van der Waals surface area contributed by atoms with E-state index in [4.69, 9.17) is 4.74 Å². The standard InChI is InChI=1S/C21H21NO4/c1-14(16-6-4-3-5-7-16)22-13-18(12-20(22)24)21(25)26-19-10-8-17(9-11-19)15(2)23/h3-11,14,18H,12-13H2,1-2H3/t14-,18-/m1/s1. The zero-order chi connectivity index (χ0) is 18.7. The highest BCUT2D eigenvalue weighted by molar-refractivity contribution is 5.94. The number of Topliss-reactive ketones (excluding diaryl/α,β-unsaturated/α-hetero) is 1. The zero-order valence-electron chi connectivity index (χ0n) is 14.8. The molecule has 0 radical (unpaired) electrons. The molecule has 0 bridgehead atoms. The van der Waals surface area contributed by atoms with E-state index in [0.717, 1.165) is 5.56 Å². The zero-order valence-corrected chi connectivity index (χ0v) is 14.8. The minimum Gasteiger partial charge on any atom is -0.426 e. The molecule has 5 nitrogen and oxygen atoms in total. The molecule has 2 aromatic carbocycles. The van der Waals surface area contributed by atoms with E-state index in [1.165, 1.54) is 6.92 Å². The first-order chi connectivity index (χ1) is 12.5. The summed E-state index contributed by atoms with van der Waals surface area (Å²) in [5.41, 5.74) is 1.60. The highest BCUT2D eigenvalue weighted by atomic mass is 16.5. The Morgan fingerprint density at radius 1 is 1.08 bits per heavy atom. The predicted molar refractivity (Wildman–Crippen MR) is 96.8 cm³/mol. The van der Waals surface area contributed by atoms with Crippen molar-refractivity contribution >= 4 is 17.7 Å². The van der Waals surface area contributed by atoms with Crippen molar-refractivity contribution in [3.63, 3.8) is 0 Å². The van der Waals surface area contributed by atoms with Crippen LogP contribution in [-0.4, -0.2) is 29.1 Å². The third kappa shape index (κ3) is 3.82. The van der Waals surface area contributed by atoms with Crippen LogP contribution in [0.1, 0.15) is 42.2 Å². The molecule has 1 aliphatic rings. The van der Waals surface area contributed by atoms with Crippen LogP contribution in [-0.2, 0) is 9.59 Å². The Morgan fingerprint density at radius 2 is 1.73 bits per heavy atom. The highest BCUT2D eigenvalue weighted by Crippen LogP contribution is 2.29. The van der Waals surface area contributed by atoms with E-state index in [2.05, 4.69) is 0 Å². The lowest BCUT2D eigenvalue weighted by molar-refractivity contribution is -0.139. The van der Waals surface area contributed by atoms with Gasteiger partial charge in [-0.2, -0.15) is 0 Å². The number of likely N-dealkylation sites (tertiary alicyclic amines) is 1. The van der Waals surface area contributed by atoms with Gasteiger partial charge in [-0.1, -0.05) is 30.3 Å². The van der Waals surface area contributed by atoms with E-state index in [-0.39, 0.29) is 24.2 Å². The van der Waals surface area contributed by atoms with Gasteiger partial charge in [0.25, 0.3) is 0 Å². The molecule has 0 spiro atoms. The summed E-state index contributed by atoms with van der Waals surface area (Å²) >= 11 is 0. The Bertz CT molecular complexity index is 814. The van der Waals surface area contributed by atoms with Gasteiger partial charge in [0, 0.05) is 18.5 Å². The van der Waals surface area contributed by atoms with Gasteiger partial charge in [-0.15, -0.1) is 0 Å². The molecule has 5 heteroatoms. The van der Waals surface area contributed by atoms with E-state index in [1.54, 1.807) is 29.2 Å². The summed E-state index contributed by atoms with van der Waals surface area (Å²) in [7, 11) is 0. The van der Waals surface area contributed by atoms with Crippen molar-refractivity contribution in [2.75, 3.05) is 6.54 Å². The van der Waals surface area contributed by atoms with Crippen molar-refractivity contribution in [2.24, 2.45) is 5.92 Å².